The summed E-state index contributed by atoms with van der Waals surface area (Å²) >= 11 is 5.21. The van der Waals surface area contributed by atoms with Crippen LogP contribution in [0, 0.1) is 0 Å². The van der Waals surface area contributed by atoms with E-state index in [2.05, 4.69) is 68.1 Å². The Morgan fingerprint density at radius 1 is 1.16 bits per heavy atom. The topological polar surface area (TPSA) is 17.8 Å². The molecule has 1 heterocycles. The summed E-state index contributed by atoms with van der Waals surface area (Å²) < 4.78 is 3.38. The monoisotopic (exact) mass is 332 g/mol. The highest BCUT2D eigenvalue weighted by atomic mass is 79.9. The number of imidazole rings is 1. The van der Waals surface area contributed by atoms with Crippen molar-refractivity contribution < 1.29 is 0 Å². The number of para-hydroxylation sites is 2. The Bertz CT molecular complexity index is 721. The van der Waals surface area contributed by atoms with Crippen LogP contribution in [0.15, 0.2) is 58.2 Å². The van der Waals surface area contributed by atoms with Crippen LogP contribution in [0.3, 0.4) is 0 Å². The summed E-state index contributed by atoms with van der Waals surface area (Å²) in [4.78, 5) is 4.66. The van der Waals surface area contributed by atoms with Gasteiger partial charge in [-0.1, -0.05) is 52.0 Å². The normalized spacial score (nSPS) is 11.1. The zero-order valence-electron chi connectivity index (χ0n) is 10.5. The van der Waals surface area contributed by atoms with Crippen molar-refractivity contribution in [2.24, 2.45) is 0 Å². The Hall–Kier alpha value is -1.26. The molecule has 0 radical (unpaired) electrons. The Morgan fingerprint density at radius 3 is 2.79 bits per heavy atom. The lowest BCUT2D eigenvalue weighted by atomic mass is 10.2. The molecule has 0 saturated carbocycles. The predicted molar refractivity (Wildman–Crippen MR) is 84.8 cm³/mol. The summed E-state index contributed by atoms with van der Waals surface area (Å²) in [6, 6.07) is 16.7. The number of aromatic nitrogens is 2. The molecular formula is C15H13BrN2S. The first-order chi connectivity index (χ1) is 9.28. The largest absolute Gasteiger partial charge is 0.314 e. The highest BCUT2D eigenvalue weighted by Crippen LogP contribution is 2.24. The van der Waals surface area contributed by atoms with Gasteiger partial charge in [0, 0.05) is 4.47 Å². The van der Waals surface area contributed by atoms with Crippen LogP contribution < -0.4 is 0 Å². The first-order valence-corrected chi connectivity index (χ1v) is 8.03. The van der Waals surface area contributed by atoms with Gasteiger partial charge in [-0.05, 0) is 36.1 Å². The summed E-state index contributed by atoms with van der Waals surface area (Å²) in [6.45, 7) is 0.843. The molecule has 0 aliphatic carbocycles. The number of hydrogen-bond acceptors (Lipinski definition) is 2. The summed E-state index contributed by atoms with van der Waals surface area (Å²) in [5.41, 5.74) is 3.52. The SMILES string of the molecule is CSc1nc2ccccc2n1Cc1cccc(Br)c1. The molecule has 0 amide bonds. The maximum Gasteiger partial charge on any atom is 0.169 e. The number of nitrogens with zero attached hydrogens (tertiary/aromatic N) is 2. The van der Waals surface area contributed by atoms with E-state index >= 15 is 0 Å². The fourth-order valence-corrected chi connectivity index (χ4v) is 3.20. The maximum absolute atomic E-state index is 4.66. The number of fused-ring (bicyclic) bond motifs is 1. The molecule has 3 aromatic rings. The minimum atomic E-state index is 0.843. The third-order valence-electron chi connectivity index (χ3n) is 3.03. The van der Waals surface area contributed by atoms with Crippen molar-refractivity contribution in [3.63, 3.8) is 0 Å². The zero-order valence-corrected chi connectivity index (χ0v) is 12.9. The van der Waals surface area contributed by atoms with Gasteiger partial charge < -0.3 is 4.57 Å². The van der Waals surface area contributed by atoms with Gasteiger partial charge in [-0.25, -0.2) is 4.98 Å². The van der Waals surface area contributed by atoms with Crippen LogP contribution in [0.1, 0.15) is 5.56 Å². The molecule has 2 aromatic carbocycles. The number of rotatable bonds is 3. The number of thioether (sulfide) groups is 1. The lowest BCUT2D eigenvalue weighted by molar-refractivity contribution is 0.732. The van der Waals surface area contributed by atoms with Crippen molar-refractivity contribution in [2.45, 2.75) is 11.7 Å². The van der Waals surface area contributed by atoms with Gasteiger partial charge in [0.1, 0.15) is 0 Å². The minimum Gasteiger partial charge on any atom is -0.314 e. The molecule has 3 rings (SSSR count). The van der Waals surface area contributed by atoms with E-state index in [0.717, 1.165) is 21.7 Å². The summed E-state index contributed by atoms with van der Waals surface area (Å²) in [5.74, 6) is 0. The average molecular weight is 333 g/mol. The molecule has 1 aromatic heterocycles. The van der Waals surface area contributed by atoms with E-state index in [0.29, 0.717) is 0 Å². The molecule has 4 heteroatoms. The Balaban J connectivity index is 2.08. The van der Waals surface area contributed by atoms with Crippen LogP contribution in [0.2, 0.25) is 0 Å². The smallest absolute Gasteiger partial charge is 0.169 e. The van der Waals surface area contributed by atoms with Crippen molar-refractivity contribution in [3.05, 3.63) is 58.6 Å². The first kappa shape index (κ1) is 12.8. The molecule has 0 N–H and O–H groups in total. The van der Waals surface area contributed by atoms with Crippen molar-refractivity contribution >= 4 is 38.7 Å². The molecule has 2 nitrogen and oxygen atoms in total. The van der Waals surface area contributed by atoms with Crippen LogP contribution >= 0.6 is 27.7 Å². The van der Waals surface area contributed by atoms with E-state index < -0.39 is 0 Å². The molecule has 0 bridgehead atoms. The van der Waals surface area contributed by atoms with Crippen molar-refractivity contribution in [3.8, 4) is 0 Å². The van der Waals surface area contributed by atoms with Gasteiger partial charge in [-0.3, -0.25) is 0 Å². The lowest BCUT2D eigenvalue weighted by Gasteiger charge is -2.08. The molecule has 0 atom stereocenters. The van der Waals surface area contributed by atoms with Crippen LogP contribution in [0.25, 0.3) is 11.0 Å². The fourth-order valence-electron chi connectivity index (χ4n) is 2.18. The average Bonchev–Trinajstić information content (AvgIpc) is 2.77. The number of hydrogen-bond donors (Lipinski definition) is 0. The summed E-state index contributed by atoms with van der Waals surface area (Å²) in [5, 5.41) is 1.06. The standard InChI is InChI=1S/C15H13BrN2S/c1-19-15-17-13-7-2-3-8-14(13)18(15)10-11-5-4-6-12(16)9-11/h2-9H,10H2,1H3. The second kappa shape index (κ2) is 5.39. The molecule has 19 heavy (non-hydrogen) atoms. The molecule has 0 saturated heterocycles. The number of benzene rings is 2. The second-order valence-electron chi connectivity index (χ2n) is 4.30. The van der Waals surface area contributed by atoms with E-state index in [1.165, 1.54) is 11.1 Å². The van der Waals surface area contributed by atoms with Crippen molar-refractivity contribution in [1.82, 2.24) is 9.55 Å². The van der Waals surface area contributed by atoms with Gasteiger partial charge in [0.2, 0.25) is 0 Å². The van der Waals surface area contributed by atoms with Gasteiger partial charge in [0.25, 0.3) is 0 Å². The highest BCUT2D eigenvalue weighted by molar-refractivity contribution is 9.10. The quantitative estimate of drug-likeness (QED) is 0.654. The van der Waals surface area contributed by atoms with E-state index in [9.17, 15) is 0 Å². The lowest BCUT2D eigenvalue weighted by Crippen LogP contribution is -2.01. The van der Waals surface area contributed by atoms with Crippen molar-refractivity contribution in [2.75, 3.05) is 6.26 Å². The molecule has 0 fully saturated rings. The maximum atomic E-state index is 4.66. The first-order valence-electron chi connectivity index (χ1n) is 6.01. The van der Waals surface area contributed by atoms with Crippen molar-refractivity contribution in [1.29, 1.82) is 0 Å². The predicted octanol–water partition coefficient (Wildman–Crippen LogP) is 4.57. The Morgan fingerprint density at radius 2 is 2.00 bits per heavy atom. The number of halogens is 1. The summed E-state index contributed by atoms with van der Waals surface area (Å²) in [7, 11) is 0. The fraction of sp³-hybridized carbons (Fsp3) is 0.133. The Kier molecular flexibility index (Phi) is 3.62. The molecular weight excluding hydrogens is 320 g/mol. The molecule has 0 spiro atoms. The zero-order chi connectivity index (χ0) is 13.2. The highest BCUT2D eigenvalue weighted by Gasteiger charge is 2.09. The molecule has 0 aliphatic heterocycles. The van der Waals surface area contributed by atoms with Gasteiger partial charge in [0.05, 0.1) is 17.6 Å². The molecule has 0 aliphatic rings. The van der Waals surface area contributed by atoms with Crippen LogP contribution in [0.4, 0.5) is 0 Å². The summed E-state index contributed by atoms with van der Waals surface area (Å²) in [6.07, 6.45) is 2.07. The van der Waals surface area contributed by atoms with Crippen LogP contribution in [-0.2, 0) is 6.54 Å². The van der Waals surface area contributed by atoms with Gasteiger partial charge in [-0.15, -0.1) is 0 Å². The minimum absolute atomic E-state index is 0.843. The van der Waals surface area contributed by atoms with E-state index in [1.807, 2.05) is 12.1 Å². The molecule has 96 valence electrons. The second-order valence-corrected chi connectivity index (χ2v) is 5.99. The van der Waals surface area contributed by atoms with Crippen LogP contribution in [0.5, 0.6) is 0 Å². The third-order valence-corrected chi connectivity index (χ3v) is 4.20. The van der Waals surface area contributed by atoms with Gasteiger partial charge in [0.15, 0.2) is 5.16 Å². The Labute approximate surface area is 125 Å². The van der Waals surface area contributed by atoms with E-state index in [4.69, 9.17) is 0 Å². The van der Waals surface area contributed by atoms with Gasteiger partial charge in [-0.2, -0.15) is 0 Å². The molecule has 0 unspecified atom stereocenters. The van der Waals surface area contributed by atoms with Crippen LogP contribution in [-0.4, -0.2) is 15.8 Å². The van der Waals surface area contributed by atoms with Gasteiger partial charge >= 0.3 is 0 Å². The van der Waals surface area contributed by atoms with E-state index in [-0.39, 0.29) is 0 Å². The third kappa shape index (κ3) is 2.55. The van der Waals surface area contributed by atoms with E-state index in [1.54, 1.807) is 11.8 Å².